The van der Waals surface area contributed by atoms with Crippen LogP contribution in [0.4, 0.5) is 0 Å². The molecule has 1 fully saturated rings. The van der Waals surface area contributed by atoms with Crippen LogP contribution in [0.25, 0.3) is 0 Å². The molecule has 3 aliphatic rings. The predicted octanol–water partition coefficient (Wildman–Crippen LogP) is 2.51. The molecule has 27 heavy (non-hydrogen) atoms. The molecule has 2 unspecified atom stereocenters. The first-order valence-corrected chi connectivity index (χ1v) is 9.50. The van der Waals surface area contributed by atoms with Crippen molar-refractivity contribution in [2.75, 3.05) is 13.2 Å². The second kappa shape index (κ2) is 5.96. The summed E-state index contributed by atoms with van der Waals surface area (Å²) in [4.78, 5) is 27.9. The van der Waals surface area contributed by atoms with Crippen molar-refractivity contribution in [1.29, 1.82) is 0 Å². The number of benzene rings is 1. The van der Waals surface area contributed by atoms with E-state index in [1.54, 1.807) is 11.0 Å². The zero-order valence-corrected chi connectivity index (χ0v) is 15.3. The van der Waals surface area contributed by atoms with E-state index in [4.69, 9.17) is 9.47 Å². The van der Waals surface area contributed by atoms with Crippen molar-refractivity contribution in [3.63, 3.8) is 0 Å². The van der Waals surface area contributed by atoms with Crippen LogP contribution in [-0.2, 0) is 17.8 Å². The summed E-state index contributed by atoms with van der Waals surface area (Å²) >= 11 is 0. The van der Waals surface area contributed by atoms with Crippen LogP contribution in [-0.4, -0.2) is 34.3 Å². The Morgan fingerprint density at radius 2 is 2.07 bits per heavy atom. The number of amides is 1. The van der Waals surface area contributed by atoms with E-state index in [9.17, 15) is 9.59 Å². The van der Waals surface area contributed by atoms with Gasteiger partial charge in [-0.15, -0.1) is 0 Å². The van der Waals surface area contributed by atoms with E-state index in [1.165, 1.54) is 0 Å². The molecule has 1 aromatic heterocycles. The number of hydrogen-bond donors (Lipinski definition) is 0. The van der Waals surface area contributed by atoms with E-state index in [2.05, 4.69) is 0 Å². The Morgan fingerprint density at radius 3 is 2.89 bits per heavy atom. The molecular formula is C21H22N2O4. The molecule has 2 aromatic rings. The molecule has 0 saturated carbocycles. The van der Waals surface area contributed by atoms with E-state index < -0.39 is 5.72 Å². The maximum atomic E-state index is 13.4. The smallest absolute Gasteiger partial charge is 0.276 e. The Balaban J connectivity index is 1.62. The highest BCUT2D eigenvalue weighted by molar-refractivity contribution is 5.97. The lowest BCUT2D eigenvalue weighted by Crippen LogP contribution is -2.63. The van der Waals surface area contributed by atoms with Crippen molar-refractivity contribution >= 4 is 5.91 Å². The first kappa shape index (κ1) is 16.6. The quantitative estimate of drug-likeness (QED) is 0.837. The second-order valence-corrected chi connectivity index (χ2v) is 7.59. The molecule has 4 heterocycles. The molecule has 2 atom stereocenters. The van der Waals surface area contributed by atoms with Gasteiger partial charge in [-0.25, -0.2) is 0 Å². The van der Waals surface area contributed by atoms with Crippen molar-refractivity contribution in [2.45, 2.75) is 44.6 Å². The number of rotatable bonds is 3. The molecule has 1 saturated heterocycles. The van der Waals surface area contributed by atoms with Gasteiger partial charge in [-0.3, -0.25) is 9.59 Å². The van der Waals surface area contributed by atoms with Crippen molar-refractivity contribution in [3.8, 4) is 5.75 Å². The van der Waals surface area contributed by atoms with Gasteiger partial charge in [0.1, 0.15) is 6.61 Å². The molecule has 1 amide bonds. The zero-order chi connectivity index (χ0) is 18.6. The number of ether oxygens (including phenoxy) is 2. The highest BCUT2D eigenvalue weighted by atomic mass is 16.5. The highest BCUT2D eigenvalue weighted by Gasteiger charge is 2.54. The fraction of sp³-hybridized carbons (Fsp3) is 0.429. The summed E-state index contributed by atoms with van der Waals surface area (Å²) in [5.41, 5.74) is 1.37. The third kappa shape index (κ3) is 2.36. The maximum absolute atomic E-state index is 13.4. The number of aromatic nitrogens is 1. The van der Waals surface area contributed by atoms with Crippen LogP contribution < -0.4 is 10.2 Å². The first-order valence-electron chi connectivity index (χ1n) is 9.50. The van der Waals surface area contributed by atoms with Crippen LogP contribution in [0.2, 0.25) is 0 Å². The van der Waals surface area contributed by atoms with Gasteiger partial charge in [-0.1, -0.05) is 30.3 Å². The summed E-state index contributed by atoms with van der Waals surface area (Å²) in [5, 5.41) is 0. The van der Waals surface area contributed by atoms with E-state index in [1.807, 2.05) is 41.8 Å². The Hall–Kier alpha value is -2.60. The minimum absolute atomic E-state index is 0.0141. The van der Waals surface area contributed by atoms with Crippen molar-refractivity contribution in [3.05, 3.63) is 63.6 Å². The fourth-order valence-electron chi connectivity index (χ4n) is 4.70. The lowest BCUT2D eigenvalue weighted by Gasteiger charge is -2.51. The Bertz CT molecular complexity index is 968. The van der Waals surface area contributed by atoms with Gasteiger partial charge in [-0.05, 0) is 31.7 Å². The lowest BCUT2D eigenvalue weighted by atomic mass is 9.95. The van der Waals surface area contributed by atoms with Crippen LogP contribution in [0.15, 0.2) is 41.2 Å². The third-order valence-electron chi connectivity index (χ3n) is 6.02. The Kier molecular flexibility index (Phi) is 3.65. The zero-order valence-electron chi connectivity index (χ0n) is 15.3. The van der Waals surface area contributed by atoms with Crippen molar-refractivity contribution in [2.24, 2.45) is 0 Å². The summed E-state index contributed by atoms with van der Waals surface area (Å²) in [5.74, 6) is -0.00973. The predicted molar refractivity (Wildman–Crippen MR) is 98.8 cm³/mol. The van der Waals surface area contributed by atoms with E-state index in [0.29, 0.717) is 18.8 Å². The number of nitrogens with zero attached hydrogens (tertiary/aromatic N) is 2. The average molecular weight is 366 g/mol. The fourth-order valence-corrected chi connectivity index (χ4v) is 4.70. The number of fused-ring (bicyclic) bond motifs is 2. The van der Waals surface area contributed by atoms with Crippen molar-refractivity contribution < 1.29 is 14.3 Å². The summed E-state index contributed by atoms with van der Waals surface area (Å²) in [6.45, 7) is 3.55. The van der Waals surface area contributed by atoms with Crippen LogP contribution in [0.1, 0.15) is 47.6 Å². The van der Waals surface area contributed by atoms with Gasteiger partial charge >= 0.3 is 0 Å². The molecule has 140 valence electrons. The summed E-state index contributed by atoms with van der Waals surface area (Å²) in [6.07, 6.45) is 2.43. The van der Waals surface area contributed by atoms with E-state index in [0.717, 1.165) is 30.5 Å². The molecule has 0 radical (unpaired) electrons. The second-order valence-electron chi connectivity index (χ2n) is 7.59. The minimum Gasteiger partial charge on any atom is -0.483 e. The summed E-state index contributed by atoms with van der Waals surface area (Å²) in [6, 6.07) is 11.3. The van der Waals surface area contributed by atoms with E-state index in [-0.39, 0.29) is 29.7 Å². The van der Waals surface area contributed by atoms with Gasteiger partial charge in [0.2, 0.25) is 5.43 Å². The number of aryl methyl sites for hydroxylation is 1. The standard InChI is InChI=1S/C21H22N2O4/c1-21-17-9-8-15-12-16(24)19(26-13-14-6-3-2-4-7-14)18(23(15)17)20(25)22(21)10-5-11-27-21/h2-4,6-7,12,17H,5,8-11,13H2,1H3. The average Bonchev–Trinajstić information content (AvgIpc) is 3.10. The Labute approximate surface area is 157 Å². The normalized spacial score (nSPS) is 25.9. The highest BCUT2D eigenvalue weighted by Crippen LogP contribution is 2.46. The number of pyridine rings is 1. The van der Waals surface area contributed by atoms with Crippen LogP contribution >= 0.6 is 0 Å². The van der Waals surface area contributed by atoms with Gasteiger partial charge in [0.05, 0.1) is 12.6 Å². The number of hydrogen-bond acceptors (Lipinski definition) is 4. The van der Waals surface area contributed by atoms with Gasteiger partial charge in [0.15, 0.2) is 17.2 Å². The van der Waals surface area contributed by atoms with Crippen molar-refractivity contribution in [1.82, 2.24) is 9.47 Å². The Morgan fingerprint density at radius 1 is 1.26 bits per heavy atom. The van der Waals surface area contributed by atoms with Gasteiger partial charge in [-0.2, -0.15) is 0 Å². The molecule has 0 N–H and O–H groups in total. The van der Waals surface area contributed by atoms with Crippen LogP contribution in [0.5, 0.6) is 5.75 Å². The summed E-state index contributed by atoms with van der Waals surface area (Å²) in [7, 11) is 0. The van der Waals surface area contributed by atoms with Gasteiger partial charge < -0.3 is 18.9 Å². The van der Waals surface area contributed by atoms with Crippen LogP contribution in [0, 0.1) is 0 Å². The molecule has 6 heteroatoms. The first-order chi connectivity index (χ1) is 13.1. The summed E-state index contributed by atoms with van der Waals surface area (Å²) < 4.78 is 14.0. The van der Waals surface area contributed by atoms with Gasteiger partial charge in [0, 0.05) is 18.3 Å². The SMILES string of the molecule is CC12OCCCN1C(=O)c1c(OCc3ccccc3)c(=O)cc3n1C2CC3. The molecule has 0 bridgehead atoms. The molecule has 1 aromatic carbocycles. The third-order valence-corrected chi connectivity index (χ3v) is 6.02. The van der Waals surface area contributed by atoms with E-state index >= 15 is 0 Å². The molecular weight excluding hydrogens is 344 g/mol. The minimum atomic E-state index is -0.653. The molecule has 6 nitrogen and oxygen atoms in total. The topological polar surface area (TPSA) is 60.8 Å². The number of carbonyl (C=O) groups is 1. The van der Waals surface area contributed by atoms with Gasteiger partial charge in [0.25, 0.3) is 5.91 Å². The molecule has 3 aliphatic heterocycles. The molecule has 0 aliphatic carbocycles. The molecule has 0 spiro atoms. The lowest BCUT2D eigenvalue weighted by molar-refractivity contribution is -0.186. The number of carbonyl (C=O) groups excluding carboxylic acids is 1. The largest absolute Gasteiger partial charge is 0.483 e. The van der Waals surface area contributed by atoms with Crippen LogP contribution in [0.3, 0.4) is 0 Å². The molecule has 5 rings (SSSR count). The monoisotopic (exact) mass is 366 g/mol. The maximum Gasteiger partial charge on any atom is 0.276 e.